The minimum atomic E-state index is 0.0472. The van der Waals surface area contributed by atoms with Crippen LogP contribution in [0.1, 0.15) is 16.5 Å². The van der Waals surface area contributed by atoms with Crippen LogP contribution in [0.2, 0.25) is 0 Å². The highest BCUT2D eigenvalue weighted by molar-refractivity contribution is 8.00. The van der Waals surface area contributed by atoms with Crippen molar-refractivity contribution in [3.05, 3.63) is 59.7 Å². The van der Waals surface area contributed by atoms with Gasteiger partial charge in [-0.1, -0.05) is 47.4 Å². The summed E-state index contributed by atoms with van der Waals surface area (Å²) in [7, 11) is 5.72. The van der Waals surface area contributed by atoms with Crippen molar-refractivity contribution in [3.8, 4) is 0 Å². The molecule has 0 spiro atoms. The number of amides is 1. The maximum absolute atomic E-state index is 12.2. The summed E-state index contributed by atoms with van der Waals surface area (Å²) in [6.45, 7) is 2.07. The Morgan fingerprint density at radius 3 is 2.65 bits per heavy atom. The van der Waals surface area contributed by atoms with E-state index in [0.29, 0.717) is 11.2 Å². The number of hydrogen-bond acceptors (Lipinski definition) is 2. The second-order valence-corrected chi connectivity index (χ2v) is 6.00. The van der Waals surface area contributed by atoms with Crippen LogP contribution >= 0.6 is 11.8 Å². The number of rotatable bonds is 2. The molecule has 1 fully saturated rings. The van der Waals surface area contributed by atoms with E-state index in [4.69, 9.17) is 7.85 Å². The summed E-state index contributed by atoms with van der Waals surface area (Å²) >= 11 is 1.66. The Morgan fingerprint density at radius 2 is 1.95 bits per heavy atom. The minimum absolute atomic E-state index is 0.0472. The monoisotopic (exact) mass is 279 g/mol. The summed E-state index contributed by atoms with van der Waals surface area (Å²) < 4.78 is 0. The van der Waals surface area contributed by atoms with Gasteiger partial charge >= 0.3 is 0 Å². The molecular weight excluding hydrogens is 265 g/mol. The molecular formula is C16H14BNOS. The lowest BCUT2D eigenvalue weighted by atomic mass is 9.96. The number of thioether (sulfide) groups is 1. The molecule has 1 heterocycles. The summed E-state index contributed by atoms with van der Waals surface area (Å²) in [6.07, 6.45) is 0. The molecule has 1 aliphatic rings. The van der Waals surface area contributed by atoms with Gasteiger partial charge < -0.3 is 0 Å². The van der Waals surface area contributed by atoms with E-state index < -0.39 is 0 Å². The Labute approximate surface area is 124 Å². The third-order valence-electron chi connectivity index (χ3n) is 3.37. The number of anilines is 1. The molecule has 1 unspecified atom stereocenters. The molecule has 1 atom stereocenters. The van der Waals surface area contributed by atoms with Crippen LogP contribution in [0.3, 0.4) is 0 Å². The van der Waals surface area contributed by atoms with Crippen molar-refractivity contribution in [2.45, 2.75) is 12.3 Å². The molecule has 1 saturated heterocycles. The smallest absolute Gasteiger partial charge is 0.238 e. The van der Waals surface area contributed by atoms with Gasteiger partial charge in [0.1, 0.15) is 13.2 Å². The molecule has 98 valence electrons. The van der Waals surface area contributed by atoms with Gasteiger partial charge in [0.05, 0.1) is 5.75 Å². The molecule has 0 aromatic heterocycles. The maximum Gasteiger partial charge on any atom is 0.238 e. The van der Waals surface area contributed by atoms with E-state index in [-0.39, 0.29) is 11.3 Å². The van der Waals surface area contributed by atoms with Crippen molar-refractivity contribution in [2.24, 2.45) is 0 Å². The summed E-state index contributed by atoms with van der Waals surface area (Å²) in [5.41, 5.74) is 3.98. The van der Waals surface area contributed by atoms with E-state index in [2.05, 4.69) is 25.1 Å². The molecule has 20 heavy (non-hydrogen) atoms. The molecule has 2 radical (unpaired) electrons. The van der Waals surface area contributed by atoms with Crippen LogP contribution in [0.5, 0.6) is 0 Å². The molecule has 1 aliphatic heterocycles. The average molecular weight is 279 g/mol. The lowest BCUT2D eigenvalue weighted by Gasteiger charge is -2.24. The fourth-order valence-corrected chi connectivity index (χ4v) is 3.58. The highest BCUT2D eigenvalue weighted by Crippen LogP contribution is 2.41. The molecule has 2 aromatic carbocycles. The lowest BCUT2D eigenvalue weighted by molar-refractivity contribution is -0.115. The Bertz CT molecular complexity index is 641. The molecule has 0 saturated carbocycles. The van der Waals surface area contributed by atoms with Gasteiger partial charge in [0.2, 0.25) is 5.91 Å². The van der Waals surface area contributed by atoms with E-state index in [1.165, 1.54) is 5.56 Å². The lowest BCUT2D eigenvalue weighted by Crippen LogP contribution is -2.28. The highest BCUT2D eigenvalue weighted by Gasteiger charge is 2.33. The van der Waals surface area contributed by atoms with Gasteiger partial charge in [-0.05, 0) is 24.6 Å². The zero-order valence-electron chi connectivity index (χ0n) is 11.2. The van der Waals surface area contributed by atoms with Crippen molar-refractivity contribution < 1.29 is 4.79 Å². The van der Waals surface area contributed by atoms with Gasteiger partial charge in [-0.2, -0.15) is 0 Å². The molecule has 3 rings (SSSR count). The second-order valence-electron chi connectivity index (χ2n) is 4.93. The SMILES string of the molecule is [B]c1ccc(N2C(=O)CSC2c2cccc(C)c2)cc1. The van der Waals surface area contributed by atoms with E-state index >= 15 is 0 Å². The van der Waals surface area contributed by atoms with Crippen molar-refractivity contribution in [2.75, 3.05) is 10.7 Å². The van der Waals surface area contributed by atoms with Gasteiger partial charge in [-0.25, -0.2) is 0 Å². The molecule has 0 bridgehead atoms. The van der Waals surface area contributed by atoms with Crippen LogP contribution in [-0.2, 0) is 4.79 Å². The number of aryl methyl sites for hydroxylation is 1. The molecule has 4 heteroatoms. The van der Waals surface area contributed by atoms with Crippen LogP contribution in [0.4, 0.5) is 5.69 Å². The van der Waals surface area contributed by atoms with Crippen molar-refractivity contribution >= 4 is 36.7 Å². The topological polar surface area (TPSA) is 20.3 Å². The van der Waals surface area contributed by atoms with Crippen LogP contribution < -0.4 is 10.4 Å². The van der Waals surface area contributed by atoms with Gasteiger partial charge in [0.15, 0.2) is 0 Å². The summed E-state index contributed by atoms with van der Waals surface area (Å²) in [4.78, 5) is 14.1. The van der Waals surface area contributed by atoms with Crippen molar-refractivity contribution in [1.82, 2.24) is 0 Å². The predicted octanol–water partition coefficient (Wildman–Crippen LogP) is 2.57. The molecule has 1 amide bonds. The summed E-state index contributed by atoms with van der Waals surface area (Å²) in [5.74, 6) is 0.662. The van der Waals surface area contributed by atoms with E-state index in [0.717, 1.165) is 11.3 Å². The quantitative estimate of drug-likeness (QED) is 0.787. The first-order valence-corrected chi connectivity index (χ1v) is 7.56. The maximum atomic E-state index is 12.2. The third-order valence-corrected chi connectivity index (χ3v) is 4.58. The normalized spacial score (nSPS) is 18.6. The van der Waals surface area contributed by atoms with Crippen LogP contribution in [0, 0.1) is 6.92 Å². The standard InChI is InChI=1S/C16H14BNOS/c1-11-3-2-4-12(9-11)16-18(15(19)10-20-16)14-7-5-13(17)6-8-14/h2-9,16H,10H2,1H3. The Hall–Kier alpha value is -1.68. The first-order chi connectivity index (χ1) is 9.65. The van der Waals surface area contributed by atoms with E-state index in [1.54, 1.807) is 11.8 Å². The number of benzene rings is 2. The number of nitrogens with zero attached hydrogens (tertiary/aromatic N) is 1. The number of hydrogen-bond donors (Lipinski definition) is 0. The Kier molecular flexibility index (Phi) is 3.57. The first-order valence-electron chi connectivity index (χ1n) is 6.51. The summed E-state index contributed by atoms with van der Waals surface area (Å²) in [5, 5.41) is 0.0472. The minimum Gasteiger partial charge on any atom is -0.295 e. The molecule has 0 N–H and O–H groups in total. The van der Waals surface area contributed by atoms with Gasteiger partial charge in [0.25, 0.3) is 0 Å². The van der Waals surface area contributed by atoms with Gasteiger partial charge in [-0.3, -0.25) is 9.69 Å². The molecule has 0 aliphatic carbocycles. The van der Waals surface area contributed by atoms with Crippen molar-refractivity contribution in [3.63, 3.8) is 0 Å². The van der Waals surface area contributed by atoms with Crippen LogP contribution in [0.15, 0.2) is 48.5 Å². The fraction of sp³-hybridized carbons (Fsp3) is 0.188. The average Bonchev–Trinajstić information content (AvgIpc) is 2.82. The first kappa shape index (κ1) is 13.3. The zero-order chi connectivity index (χ0) is 14.1. The molecule has 2 aromatic rings. The Morgan fingerprint density at radius 1 is 1.20 bits per heavy atom. The van der Waals surface area contributed by atoms with Gasteiger partial charge in [-0.15, -0.1) is 11.8 Å². The van der Waals surface area contributed by atoms with E-state index in [1.807, 2.05) is 35.2 Å². The van der Waals surface area contributed by atoms with Crippen LogP contribution in [-0.4, -0.2) is 19.5 Å². The zero-order valence-corrected chi connectivity index (χ0v) is 12.1. The Balaban J connectivity index is 1.98. The van der Waals surface area contributed by atoms with Crippen LogP contribution in [0.25, 0.3) is 0 Å². The summed E-state index contributed by atoms with van der Waals surface area (Å²) in [6, 6.07) is 15.8. The third kappa shape index (κ3) is 2.48. The predicted molar refractivity (Wildman–Crippen MR) is 85.7 cm³/mol. The van der Waals surface area contributed by atoms with Crippen molar-refractivity contribution in [1.29, 1.82) is 0 Å². The highest BCUT2D eigenvalue weighted by atomic mass is 32.2. The number of carbonyl (C=O) groups is 1. The second kappa shape index (κ2) is 5.37. The van der Waals surface area contributed by atoms with Gasteiger partial charge in [0, 0.05) is 5.69 Å². The number of carbonyl (C=O) groups excluding carboxylic acids is 1. The molecule has 2 nitrogen and oxygen atoms in total. The fourth-order valence-electron chi connectivity index (χ4n) is 2.41. The largest absolute Gasteiger partial charge is 0.295 e. The van der Waals surface area contributed by atoms with E-state index in [9.17, 15) is 4.79 Å².